The van der Waals surface area contributed by atoms with Crippen LogP contribution in [0.5, 0.6) is 0 Å². The van der Waals surface area contributed by atoms with Crippen LogP contribution in [0.1, 0.15) is 33.6 Å². The molecular weight excluding hydrogens is 195 g/mol. The summed E-state index contributed by atoms with van der Waals surface area (Å²) in [5.41, 5.74) is 4.69. The molecule has 0 aliphatic heterocycles. The lowest BCUT2D eigenvalue weighted by Crippen LogP contribution is -2.39. The van der Waals surface area contributed by atoms with Crippen LogP contribution in [0, 0.1) is 5.41 Å². The molecule has 0 amide bonds. The zero-order valence-corrected chi connectivity index (χ0v) is 8.61. The van der Waals surface area contributed by atoms with Gasteiger partial charge in [0, 0.05) is 11.8 Å². The van der Waals surface area contributed by atoms with Crippen molar-refractivity contribution in [2.24, 2.45) is 11.1 Å². The highest BCUT2D eigenvalue weighted by atomic mass is 19.4. The predicted octanol–water partition coefficient (Wildman–Crippen LogP) is 2.27. The molecule has 0 radical (unpaired) electrons. The maximum Gasteiger partial charge on any atom is 0.389 e. The Kier molecular flexibility index (Phi) is 4.12. The highest BCUT2D eigenvalue weighted by Crippen LogP contribution is 2.24. The van der Waals surface area contributed by atoms with Crippen LogP contribution in [-0.2, 0) is 4.79 Å². The van der Waals surface area contributed by atoms with Crippen LogP contribution in [0.4, 0.5) is 13.2 Å². The van der Waals surface area contributed by atoms with Gasteiger partial charge in [-0.3, -0.25) is 4.79 Å². The van der Waals surface area contributed by atoms with Gasteiger partial charge < -0.3 is 5.73 Å². The van der Waals surface area contributed by atoms with Crippen molar-refractivity contribution in [3.63, 3.8) is 0 Å². The molecule has 0 aromatic rings. The summed E-state index contributed by atoms with van der Waals surface area (Å²) in [4.78, 5) is 11.4. The van der Waals surface area contributed by atoms with Crippen molar-refractivity contribution in [1.82, 2.24) is 0 Å². The van der Waals surface area contributed by atoms with Crippen LogP contribution in [-0.4, -0.2) is 18.0 Å². The fraction of sp³-hybridized carbons (Fsp3) is 0.889. The minimum atomic E-state index is -4.24. The van der Waals surface area contributed by atoms with E-state index in [4.69, 9.17) is 5.73 Å². The zero-order chi connectivity index (χ0) is 11.6. The molecule has 0 saturated heterocycles. The average Bonchev–Trinajstić information content (AvgIpc) is 1.95. The van der Waals surface area contributed by atoms with Gasteiger partial charge in [-0.15, -0.1) is 0 Å². The maximum atomic E-state index is 11.8. The Bertz CT molecular complexity index is 205. The van der Waals surface area contributed by atoms with Crippen LogP contribution in [0.15, 0.2) is 0 Å². The lowest BCUT2D eigenvalue weighted by Gasteiger charge is -2.21. The third kappa shape index (κ3) is 5.21. The SMILES string of the molecule is CC(C)(C)C(=O)C(N)CCC(F)(F)F. The van der Waals surface area contributed by atoms with Gasteiger partial charge in [-0.1, -0.05) is 20.8 Å². The predicted molar refractivity (Wildman–Crippen MR) is 47.7 cm³/mol. The van der Waals surface area contributed by atoms with E-state index >= 15 is 0 Å². The molecule has 0 bridgehead atoms. The van der Waals surface area contributed by atoms with Crippen molar-refractivity contribution >= 4 is 5.78 Å². The molecule has 0 rings (SSSR count). The number of hydrogen-bond donors (Lipinski definition) is 1. The van der Waals surface area contributed by atoms with E-state index < -0.39 is 24.1 Å². The molecule has 2 nitrogen and oxygen atoms in total. The lowest BCUT2D eigenvalue weighted by atomic mass is 9.85. The molecular formula is C9H16F3NO. The second-order valence-electron chi connectivity index (χ2n) is 4.37. The van der Waals surface area contributed by atoms with Crippen LogP contribution in [0.3, 0.4) is 0 Å². The van der Waals surface area contributed by atoms with E-state index in [1.165, 1.54) is 0 Å². The second kappa shape index (κ2) is 4.29. The van der Waals surface area contributed by atoms with E-state index in [2.05, 4.69) is 0 Å². The van der Waals surface area contributed by atoms with Crippen molar-refractivity contribution < 1.29 is 18.0 Å². The number of carbonyl (C=O) groups excluding carboxylic acids is 1. The van der Waals surface area contributed by atoms with E-state index in [0.717, 1.165) is 0 Å². The van der Waals surface area contributed by atoms with Gasteiger partial charge in [0.05, 0.1) is 6.04 Å². The average molecular weight is 211 g/mol. The summed E-state index contributed by atoms with van der Waals surface area (Å²) in [6.45, 7) is 4.92. The number of rotatable bonds is 3. The highest BCUT2D eigenvalue weighted by Gasteiger charge is 2.32. The number of ketones is 1. The summed E-state index contributed by atoms with van der Waals surface area (Å²) in [7, 11) is 0. The molecule has 2 N–H and O–H groups in total. The first kappa shape index (κ1) is 13.4. The van der Waals surface area contributed by atoms with E-state index in [-0.39, 0.29) is 12.2 Å². The summed E-state index contributed by atoms with van der Waals surface area (Å²) >= 11 is 0. The molecule has 0 aliphatic carbocycles. The van der Waals surface area contributed by atoms with Crippen LogP contribution < -0.4 is 5.73 Å². The Labute approximate surface area is 81.7 Å². The summed E-state index contributed by atoms with van der Waals surface area (Å²) in [5, 5.41) is 0. The quantitative estimate of drug-likeness (QED) is 0.778. The number of nitrogens with two attached hydrogens (primary N) is 1. The molecule has 14 heavy (non-hydrogen) atoms. The highest BCUT2D eigenvalue weighted by molar-refractivity contribution is 5.88. The normalized spacial score (nSPS) is 15.4. The van der Waals surface area contributed by atoms with Gasteiger partial charge in [0.25, 0.3) is 0 Å². The largest absolute Gasteiger partial charge is 0.389 e. The summed E-state index contributed by atoms with van der Waals surface area (Å²) in [6, 6.07) is -1.02. The molecule has 0 spiro atoms. The monoisotopic (exact) mass is 211 g/mol. The number of halogens is 3. The molecule has 1 unspecified atom stereocenters. The van der Waals surface area contributed by atoms with E-state index in [1.807, 2.05) is 0 Å². The zero-order valence-electron chi connectivity index (χ0n) is 8.61. The minimum Gasteiger partial charge on any atom is -0.321 e. The first-order valence-corrected chi connectivity index (χ1v) is 4.40. The second-order valence-corrected chi connectivity index (χ2v) is 4.37. The topological polar surface area (TPSA) is 43.1 Å². The lowest BCUT2D eigenvalue weighted by molar-refractivity contribution is -0.139. The fourth-order valence-electron chi connectivity index (χ4n) is 1.01. The van der Waals surface area contributed by atoms with Gasteiger partial charge in [-0.05, 0) is 6.42 Å². The van der Waals surface area contributed by atoms with Gasteiger partial charge in [0.15, 0.2) is 5.78 Å². The smallest absolute Gasteiger partial charge is 0.321 e. The summed E-state index contributed by atoms with van der Waals surface area (Å²) in [6.07, 6.45) is -5.58. The van der Waals surface area contributed by atoms with E-state index in [0.29, 0.717) is 0 Å². The molecule has 84 valence electrons. The molecule has 5 heteroatoms. The number of carbonyl (C=O) groups is 1. The third-order valence-electron chi connectivity index (χ3n) is 1.81. The maximum absolute atomic E-state index is 11.8. The van der Waals surface area contributed by atoms with Gasteiger partial charge in [0.2, 0.25) is 0 Å². The number of alkyl halides is 3. The Morgan fingerprint density at radius 3 is 2.00 bits per heavy atom. The molecule has 0 saturated carbocycles. The molecule has 0 heterocycles. The van der Waals surface area contributed by atoms with E-state index in [9.17, 15) is 18.0 Å². The van der Waals surface area contributed by atoms with Crippen molar-refractivity contribution in [2.75, 3.05) is 0 Å². The Morgan fingerprint density at radius 1 is 1.29 bits per heavy atom. The minimum absolute atomic E-state index is 0.332. The molecule has 0 aromatic carbocycles. The van der Waals surface area contributed by atoms with Crippen molar-refractivity contribution in [1.29, 1.82) is 0 Å². The van der Waals surface area contributed by atoms with Crippen molar-refractivity contribution in [3.05, 3.63) is 0 Å². The Morgan fingerprint density at radius 2 is 1.71 bits per heavy atom. The van der Waals surface area contributed by atoms with Crippen LogP contribution in [0.2, 0.25) is 0 Å². The van der Waals surface area contributed by atoms with Gasteiger partial charge in [-0.25, -0.2) is 0 Å². The number of Topliss-reactive ketones (excluding diaryl/α,β-unsaturated/α-hetero) is 1. The van der Waals surface area contributed by atoms with Crippen LogP contribution >= 0.6 is 0 Å². The first-order chi connectivity index (χ1) is 6.04. The fourth-order valence-corrected chi connectivity index (χ4v) is 1.01. The van der Waals surface area contributed by atoms with Crippen LogP contribution in [0.25, 0.3) is 0 Å². The summed E-state index contributed by atoms with van der Waals surface area (Å²) in [5.74, 6) is -0.332. The van der Waals surface area contributed by atoms with Gasteiger partial charge in [-0.2, -0.15) is 13.2 Å². The van der Waals surface area contributed by atoms with Gasteiger partial charge >= 0.3 is 6.18 Å². The number of hydrogen-bond acceptors (Lipinski definition) is 2. The van der Waals surface area contributed by atoms with Crippen molar-refractivity contribution in [3.8, 4) is 0 Å². The Hall–Kier alpha value is -0.580. The van der Waals surface area contributed by atoms with Gasteiger partial charge in [0.1, 0.15) is 0 Å². The van der Waals surface area contributed by atoms with E-state index in [1.54, 1.807) is 20.8 Å². The molecule has 0 aliphatic rings. The molecule has 0 fully saturated rings. The summed E-state index contributed by atoms with van der Waals surface area (Å²) < 4.78 is 35.4. The standard InChI is InChI=1S/C9H16F3NO/c1-8(2,3)7(14)6(13)4-5-9(10,11)12/h6H,4-5,13H2,1-3H3. The first-order valence-electron chi connectivity index (χ1n) is 4.40. The van der Waals surface area contributed by atoms with Crippen molar-refractivity contribution in [2.45, 2.75) is 45.8 Å². The Balaban J connectivity index is 4.11. The third-order valence-corrected chi connectivity index (χ3v) is 1.81. The molecule has 0 aromatic heterocycles. The molecule has 1 atom stereocenters.